The number of aryl methyl sites for hydroxylation is 1. The Morgan fingerprint density at radius 2 is 1.80 bits per heavy atom. The summed E-state index contributed by atoms with van der Waals surface area (Å²) < 4.78 is 26.6. The highest BCUT2D eigenvalue weighted by Crippen LogP contribution is 2.44. The number of hydrogen-bond acceptors (Lipinski definition) is 6. The molecule has 0 bridgehead atoms. The lowest BCUT2D eigenvalue weighted by molar-refractivity contribution is -0.385. The van der Waals surface area contributed by atoms with Gasteiger partial charge in [0, 0.05) is 6.07 Å². The molecule has 0 aliphatic carbocycles. The van der Waals surface area contributed by atoms with Crippen LogP contribution in [-0.2, 0) is 14.8 Å². The van der Waals surface area contributed by atoms with Gasteiger partial charge in [0.25, 0.3) is 15.7 Å². The summed E-state index contributed by atoms with van der Waals surface area (Å²) in [5.74, 6) is -0.643. The maximum Gasteiger partial charge on any atom is 0.275 e. The minimum atomic E-state index is -4.10. The lowest BCUT2D eigenvalue weighted by Gasteiger charge is -2.23. The zero-order valence-corrected chi connectivity index (χ0v) is 14.8. The number of carbonyl (C=O) groups excluding carboxylic acids is 1. The number of sulfonamides is 1. The first kappa shape index (κ1) is 17.4. The van der Waals surface area contributed by atoms with Crippen molar-refractivity contribution in [2.45, 2.75) is 17.2 Å². The topological polar surface area (TPSA) is 97.6 Å². The van der Waals surface area contributed by atoms with E-state index in [0.717, 1.165) is 21.6 Å². The molecular formula is C16H14N2O5S2. The Bertz CT molecular complexity index is 941. The van der Waals surface area contributed by atoms with Gasteiger partial charge in [-0.15, -0.1) is 11.8 Å². The summed E-state index contributed by atoms with van der Waals surface area (Å²) >= 11 is 1.06. The van der Waals surface area contributed by atoms with Gasteiger partial charge in [-0.3, -0.25) is 14.9 Å². The van der Waals surface area contributed by atoms with Gasteiger partial charge in [-0.05, 0) is 25.1 Å². The fraction of sp³-hybridized carbons (Fsp3) is 0.188. The minimum Gasteiger partial charge on any atom is -0.273 e. The normalized spacial score (nSPS) is 17.7. The molecule has 1 fully saturated rings. The smallest absolute Gasteiger partial charge is 0.273 e. The molecular weight excluding hydrogens is 364 g/mol. The third-order valence-electron chi connectivity index (χ3n) is 3.80. The molecule has 7 nitrogen and oxygen atoms in total. The van der Waals surface area contributed by atoms with Crippen molar-refractivity contribution in [3.63, 3.8) is 0 Å². The quantitative estimate of drug-likeness (QED) is 0.599. The number of amides is 1. The lowest BCUT2D eigenvalue weighted by Crippen LogP contribution is -2.34. The molecule has 0 aromatic heterocycles. The van der Waals surface area contributed by atoms with E-state index >= 15 is 0 Å². The predicted molar refractivity (Wildman–Crippen MR) is 93.5 cm³/mol. The van der Waals surface area contributed by atoms with Crippen molar-refractivity contribution < 1.29 is 18.1 Å². The zero-order chi connectivity index (χ0) is 18.2. The molecule has 25 heavy (non-hydrogen) atoms. The van der Waals surface area contributed by atoms with Crippen LogP contribution < -0.4 is 0 Å². The van der Waals surface area contributed by atoms with E-state index < -0.39 is 26.2 Å². The molecule has 1 amide bonds. The van der Waals surface area contributed by atoms with E-state index in [9.17, 15) is 23.3 Å². The second-order valence-electron chi connectivity index (χ2n) is 5.49. The van der Waals surface area contributed by atoms with Gasteiger partial charge < -0.3 is 0 Å². The lowest BCUT2D eigenvalue weighted by atomic mass is 10.2. The van der Waals surface area contributed by atoms with Crippen LogP contribution in [0.1, 0.15) is 16.5 Å². The second kappa shape index (κ2) is 6.49. The molecule has 2 aromatic carbocycles. The van der Waals surface area contributed by atoms with Crippen LogP contribution in [0.25, 0.3) is 0 Å². The Morgan fingerprint density at radius 3 is 2.44 bits per heavy atom. The average Bonchev–Trinajstić information content (AvgIpc) is 2.97. The van der Waals surface area contributed by atoms with Gasteiger partial charge in [-0.2, -0.15) is 0 Å². The van der Waals surface area contributed by atoms with Crippen LogP contribution in [0.5, 0.6) is 0 Å². The van der Waals surface area contributed by atoms with Gasteiger partial charge >= 0.3 is 0 Å². The molecule has 9 heteroatoms. The summed E-state index contributed by atoms with van der Waals surface area (Å²) in [6.45, 7) is 1.82. The van der Waals surface area contributed by atoms with Gasteiger partial charge in [-0.1, -0.05) is 29.8 Å². The first-order chi connectivity index (χ1) is 11.8. The number of carbonyl (C=O) groups is 1. The Kier molecular flexibility index (Phi) is 4.53. The number of para-hydroxylation sites is 1. The van der Waals surface area contributed by atoms with Crippen molar-refractivity contribution in [3.8, 4) is 0 Å². The van der Waals surface area contributed by atoms with E-state index in [-0.39, 0.29) is 21.9 Å². The number of thioether (sulfide) groups is 1. The standard InChI is InChI=1S/C16H14N2O5S2/c1-11-6-8-12(9-7-11)25(22,23)17-15(19)10-24-16(17)13-4-2-3-5-14(13)18(20)21/h2-9,16H,10H2,1H3. The second-order valence-corrected chi connectivity index (χ2v) is 8.37. The van der Waals surface area contributed by atoms with Crippen LogP contribution in [0.2, 0.25) is 0 Å². The number of hydrogen-bond donors (Lipinski definition) is 0. The largest absolute Gasteiger partial charge is 0.275 e. The molecule has 1 saturated heterocycles. The SMILES string of the molecule is Cc1ccc(S(=O)(=O)N2C(=O)CSC2c2ccccc2[N+](=O)[O-])cc1. The van der Waals surface area contributed by atoms with Crippen LogP contribution in [0.4, 0.5) is 5.69 Å². The van der Waals surface area contributed by atoms with E-state index in [2.05, 4.69) is 0 Å². The molecule has 0 N–H and O–H groups in total. The van der Waals surface area contributed by atoms with Gasteiger partial charge in [0.05, 0.1) is 21.1 Å². The number of nitrogens with zero attached hydrogens (tertiary/aromatic N) is 2. The summed E-state index contributed by atoms with van der Waals surface area (Å²) in [7, 11) is -4.10. The van der Waals surface area contributed by atoms with E-state index in [4.69, 9.17) is 0 Å². The molecule has 1 unspecified atom stereocenters. The summed E-state index contributed by atoms with van der Waals surface area (Å²) in [5.41, 5.74) is 0.870. The summed E-state index contributed by atoms with van der Waals surface area (Å²) in [6.07, 6.45) is 0. The third-order valence-corrected chi connectivity index (χ3v) is 6.93. The maximum atomic E-state index is 12.9. The Morgan fingerprint density at radius 1 is 1.16 bits per heavy atom. The Labute approximate surface area is 148 Å². The molecule has 1 heterocycles. The highest BCUT2D eigenvalue weighted by Gasteiger charge is 2.44. The average molecular weight is 378 g/mol. The first-order valence-electron chi connectivity index (χ1n) is 7.31. The summed E-state index contributed by atoms with van der Waals surface area (Å²) in [6, 6.07) is 12.0. The molecule has 130 valence electrons. The van der Waals surface area contributed by atoms with Crippen LogP contribution in [0.3, 0.4) is 0 Å². The molecule has 0 radical (unpaired) electrons. The van der Waals surface area contributed by atoms with Gasteiger partial charge in [-0.25, -0.2) is 12.7 Å². The third kappa shape index (κ3) is 3.12. The fourth-order valence-electron chi connectivity index (χ4n) is 2.57. The van der Waals surface area contributed by atoms with Crippen molar-refractivity contribution in [1.29, 1.82) is 0 Å². The fourth-order valence-corrected chi connectivity index (χ4v) is 5.66. The number of rotatable bonds is 4. The highest BCUT2D eigenvalue weighted by molar-refractivity contribution is 8.02. The van der Waals surface area contributed by atoms with Crippen molar-refractivity contribution in [2.75, 3.05) is 5.75 Å². The molecule has 1 aliphatic heterocycles. The van der Waals surface area contributed by atoms with Gasteiger partial charge in [0.2, 0.25) is 5.91 Å². The van der Waals surface area contributed by atoms with Crippen LogP contribution in [0.15, 0.2) is 53.4 Å². The van der Waals surface area contributed by atoms with E-state index in [1.54, 1.807) is 18.2 Å². The van der Waals surface area contributed by atoms with Gasteiger partial charge in [0.1, 0.15) is 5.37 Å². The highest BCUT2D eigenvalue weighted by atomic mass is 32.2. The van der Waals surface area contributed by atoms with E-state index in [1.807, 2.05) is 6.92 Å². The molecule has 0 spiro atoms. The Hall–Kier alpha value is -2.39. The van der Waals surface area contributed by atoms with Crippen molar-refractivity contribution in [1.82, 2.24) is 4.31 Å². The van der Waals surface area contributed by atoms with Crippen LogP contribution >= 0.6 is 11.8 Å². The van der Waals surface area contributed by atoms with Crippen LogP contribution in [0, 0.1) is 17.0 Å². The molecule has 2 aromatic rings. The molecule has 1 aliphatic rings. The molecule has 0 saturated carbocycles. The molecule has 3 rings (SSSR count). The van der Waals surface area contributed by atoms with E-state index in [0.29, 0.717) is 0 Å². The summed E-state index contributed by atoms with van der Waals surface area (Å²) in [4.78, 5) is 23.0. The predicted octanol–water partition coefficient (Wildman–Crippen LogP) is 2.87. The van der Waals surface area contributed by atoms with Crippen molar-refractivity contribution in [2.24, 2.45) is 0 Å². The number of nitro benzene ring substituents is 1. The summed E-state index contributed by atoms with van der Waals surface area (Å²) in [5, 5.41) is 10.3. The zero-order valence-electron chi connectivity index (χ0n) is 13.2. The maximum absolute atomic E-state index is 12.9. The Balaban J connectivity index is 2.09. The van der Waals surface area contributed by atoms with E-state index in [1.165, 1.54) is 30.3 Å². The van der Waals surface area contributed by atoms with Crippen LogP contribution in [-0.4, -0.2) is 29.3 Å². The minimum absolute atomic E-state index is 0.0162. The number of nitro groups is 1. The first-order valence-corrected chi connectivity index (χ1v) is 9.80. The van der Waals surface area contributed by atoms with Gasteiger partial charge in [0.15, 0.2) is 0 Å². The monoisotopic (exact) mass is 378 g/mol. The number of benzene rings is 2. The molecule has 1 atom stereocenters. The van der Waals surface area contributed by atoms with Crippen molar-refractivity contribution in [3.05, 3.63) is 69.8 Å². The van der Waals surface area contributed by atoms with Crippen molar-refractivity contribution >= 4 is 33.4 Å².